The number of benzene rings is 4. The van der Waals surface area contributed by atoms with Gasteiger partial charge < -0.3 is 9.63 Å². The van der Waals surface area contributed by atoms with Gasteiger partial charge in [0.05, 0.1) is 5.66 Å². The molecule has 0 amide bonds. The molecule has 33 heavy (non-hydrogen) atoms. The Labute approximate surface area is 197 Å². The molecule has 5 rings (SSSR count). The van der Waals surface area contributed by atoms with Gasteiger partial charge in [-0.05, 0) is 71.0 Å². The van der Waals surface area contributed by atoms with E-state index in [2.05, 4.69) is 80.6 Å². The minimum absolute atomic E-state index is 0.276. The van der Waals surface area contributed by atoms with Crippen LogP contribution >= 0.6 is 8.30 Å². The smallest absolute Gasteiger partial charge is 0.171 e. The first kappa shape index (κ1) is 22.2. The molecule has 0 spiro atoms. The summed E-state index contributed by atoms with van der Waals surface area (Å²) in [6.45, 7) is 6.17. The average Bonchev–Trinajstić information content (AvgIpc) is 3.38. The van der Waals surface area contributed by atoms with Crippen LogP contribution in [0, 0.1) is 31.3 Å². The van der Waals surface area contributed by atoms with Crippen LogP contribution in [0.1, 0.15) is 13.8 Å². The van der Waals surface area contributed by atoms with E-state index in [0.717, 1.165) is 51.5 Å². The first-order valence-electron chi connectivity index (χ1n) is 11.4. The van der Waals surface area contributed by atoms with Crippen LogP contribution in [0.4, 0.5) is 0 Å². The summed E-state index contributed by atoms with van der Waals surface area (Å²) < 4.78 is 9.10. The maximum absolute atomic E-state index is 11.0. The maximum atomic E-state index is 11.0. The van der Waals surface area contributed by atoms with Crippen LogP contribution in [0.5, 0.6) is 11.5 Å². The Morgan fingerprint density at radius 3 is 2.18 bits per heavy atom. The van der Waals surface area contributed by atoms with Crippen LogP contribution in [0.2, 0.25) is 0 Å². The van der Waals surface area contributed by atoms with Gasteiger partial charge in [-0.2, -0.15) is 0 Å². The topological polar surface area (TPSA) is 32.7 Å². The van der Waals surface area contributed by atoms with Gasteiger partial charge in [-0.1, -0.05) is 68.4 Å². The highest BCUT2D eigenvalue weighted by Gasteiger charge is 2.33. The molecule has 3 nitrogen and oxygen atoms in total. The summed E-state index contributed by atoms with van der Waals surface area (Å²) in [5.74, 6) is 1.09. The molecule has 0 saturated heterocycles. The summed E-state index contributed by atoms with van der Waals surface area (Å²) in [4.78, 5) is 0. The van der Waals surface area contributed by atoms with E-state index < -0.39 is 8.30 Å². The van der Waals surface area contributed by atoms with Gasteiger partial charge in [-0.25, -0.2) is 0 Å². The largest absolute Gasteiger partial charge is 0.507 e. The fourth-order valence-corrected chi connectivity index (χ4v) is 6.22. The van der Waals surface area contributed by atoms with Crippen LogP contribution in [0.25, 0.3) is 32.7 Å². The third-order valence-corrected chi connectivity index (χ3v) is 8.26. The monoisotopic (exact) mass is 452 g/mol. The van der Waals surface area contributed by atoms with Gasteiger partial charge in [-0.3, -0.25) is 4.67 Å². The molecule has 1 aliphatic carbocycles. The van der Waals surface area contributed by atoms with Crippen molar-refractivity contribution in [2.24, 2.45) is 0 Å². The maximum Gasteiger partial charge on any atom is 0.171 e. The lowest BCUT2D eigenvalue weighted by Crippen LogP contribution is -2.22. The molecule has 1 atom stereocenters. The minimum Gasteiger partial charge on any atom is -0.507 e. The second kappa shape index (κ2) is 9.71. The number of hydrogen-bond donors (Lipinski definition) is 1. The van der Waals surface area contributed by atoms with E-state index in [4.69, 9.17) is 4.52 Å². The zero-order valence-corrected chi connectivity index (χ0v) is 19.8. The molecule has 0 unspecified atom stereocenters. The summed E-state index contributed by atoms with van der Waals surface area (Å²) >= 11 is 0. The minimum atomic E-state index is -0.967. The predicted molar refractivity (Wildman–Crippen MR) is 139 cm³/mol. The molecule has 1 fully saturated rings. The van der Waals surface area contributed by atoms with Crippen molar-refractivity contribution in [1.29, 1.82) is 0 Å². The van der Waals surface area contributed by atoms with Gasteiger partial charge in [0.15, 0.2) is 8.30 Å². The van der Waals surface area contributed by atoms with Crippen molar-refractivity contribution in [2.75, 3.05) is 13.1 Å². The number of hydrogen-bond acceptors (Lipinski definition) is 3. The Morgan fingerprint density at radius 1 is 0.788 bits per heavy atom. The SMILES string of the molecule is CCN(CC)[P@@](Oc1cc(-c2c(O)ccc3ccccc23)c2ccccc2c1)[C]1[CH][CH][CH][CH]1. The third kappa shape index (κ3) is 4.33. The van der Waals surface area contributed by atoms with Crippen molar-refractivity contribution in [1.82, 2.24) is 4.67 Å². The Bertz CT molecular complexity index is 1260. The summed E-state index contributed by atoms with van der Waals surface area (Å²) in [6, 6.07) is 24.4. The van der Waals surface area contributed by atoms with E-state index in [1.165, 1.54) is 5.66 Å². The Kier molecular flexibility index (Phi) is 6.53. The first-order valence-corrected chi connectivity index (χ1v) is 12.6. The predicted octanol–water partition coefficient (Wildman–Crippen LogP) is 7.76. The highest BCUT2D eigenvalue weighted by molar-refractivity contribution is 7.54. The molecule has 1 N–H and O–H groups in total. The molecule has 0 aromatic heterocycles. The lowest BCUT2D eigenvalue weighted by atomic mass is 9.93. The molecule has 0 heterocycles. The van der Waals surface area contributed by atoms with E-state index in [0.29, 0.717) is 0 Å². The summed E-state index contributed by atoms with van der Waals surface area (Å²) in [5.41, 5.74) is 3.03. The quantitative estimate of drug-likeness (QED) is 0.291. The van der Waals surface area contributed by atoms with Crippen molar-refractivity contribution in [3.63, 3.8) is 0 Å². The molecular formula is C29H27NO2P. The lowest BCUT2D eigenvalue weighted by molar-refractivity contribution is 0.448. The Morgan fingerprint density at radius 2 is 1.45 bits per heavy atom. The van der Waals surface area contributed by atoms with Gasteiger partial charge in [0.1, 0.15) is 11.5 Å². The molecule has 1 aliphatic rings. The van der Waals surface area contributed by atoms with Crippen LogP contribution in [-0.4, -0.2) is 22.9 Å². The zero-order chi connectivity index (χ0) is 22.8. The first-order chi connectivity index (χ1) is 16.2. The summed E-state index contributed by atoms with van der Waals surface area (Å²) in [5, 5.41) is 15.3. The van der Waals surface area contributed by atoms with Crippen molar-refractivity contribution in [2.45, 2.75) is 13.8 Å². The number of aromatic hydroxyl groups is 1. The van der Waals surface area contributed by atoms with Gasteiger partial charge in [0, 0.05) is 18.7 Å². The van der Waals surface area contributed by atoms with E-state index >= 15 is 0 Å². The van der Waals surface area contributed by atoms with Gasteiger partial charge in [-0.15, -0.1) is 0 Å². The Balaban J connectivity index is 1.67. The Hall–Kier alpha value is -2.61. The van der Waals surface area contributed by atoms with E-state index in [1.54, 1.807) is 6.07 Å². The fourth-order valence-electron chi connectivity index (χ4n) is 4.43. The molecule has 5 radical (unpaired) electrons. The van der Waals surface area contributed by atoms with Crippen molar-refractivity contribution < 1.29 is 9.63 Å². The van der Waals surface area contributed by atoms with Gasteiger partial charge in [0.25, 0.3) is 0 Å². The van der Waals surface area contributed by atoms with Crippen LogP contribution in [0.15, 0.2) is 72.8 Å². The number of nitrogens with zero attached hydrogens (tertiary/aromatic N) is 1. The zero-order valence-electron chi connectivity index (χ0n) is 18.9. The van der Waals surface area contributed by atoms with Crippen LogP contribution in [-0.2, 0) is 0 Å². The number of fused-ring (bicyclic) bond motifs is 2. The molecule has 1 saturated carbocycles. The summed E-state index contributed by atoms with van der Waals surface area (Å²) in [6.07, 6.45) is 8.42. The normalized spacial score (nSPS) is 15.5. The third-order valence-electron chi connectivity index (χ3n) is 6.06. The molecule has 165 valence electrons. The van der Waals surface area contributed by atoms with E-state index in [-0.39, 0.29) is 5.75 Å². The van der Waals surface area contributed by atoms with Crippen LogP contribution < -0.4 is 4.52 Å². The summed E-state index contributed by atoms with van der Waals surface area (Å²) in [7, 11) is -0.967. The fraction of sp³-hybridized carbons (Fsp3) is 0.138. The second-order valence-electron chi connectivity index (χ2n) is 8.02. The lowest BCUT2D eigenvalue weighted by Gasteiger charge is -2.32. The second-order valence-corrected chi connectivity index (χ2v) is 9.83. The molecule has 0 bridgehead atoms. The number of phenolic OH excluding ortho intramolecular Hbond substituents is 1. The number of phenols is 1. The van der Waals surface area contributed by atoms with Gasteiger partial charge >= 0.3 is 0 Å². The number of rotatable bonds is 7. The standard InChI is InChI=1S/C29H27NO2P/c1-3-30(4-2)33(24-13-7-8-14-24)32-23-19-22-12-6-9-15-25(22)27(20-23)29-26-16-10-5-11-21(26)17-18-28(29)31/h5-20,31H,3-4H2,1-2H3/t33-/m0/s1. The highest BCUT2D eigenvalue weighted by atomic mass is 31.2. The molecule has 4 aromatic rings. The van der Waals surface area contributed by atoms with E-state index in [1.807, 2.05) is 30.3 Å². The van der Waals surface area contributed by atoms with Crippen molar-refractivity contribution >= 4 is 29.8 Å². The molecule has 0 aliphatic heterocycles. The van der Waals surface area contributed by atoms with Crippen molar-refractivity contribution in [3.05, 3.63) is 104 Å². The van der Waals surface area contributed by atoms with Crippen LogP contribution in [0.3, 0.4) is 0 Å². The van der Waals surface area contributed by atoms with E-state index in [9.17, 15) is 5.11 Å². The highest BCUT2D eigenvalue weighted by Crippen LogP contribution is 2.57. The average molecular weight is 453 g/mol. The molecule has 4 heteroatoms. The molecular weight excluding hydrogens is 425 g/mol. The van der Waals surface area contributed by atoms with Crippen molar-refractivity contribution in [3.8, 4) is 22.6 Å². The van der Waals surface area contributed by atoms with Gasteiger partial charge in [0.2, 0.25) is 0 Å². The molecule has 4 aromatic carbocycles.